The van der Waals surface area contributed by atoms with Gasteiger partial charge >= 0.3 is 0 Å². The van der Waals surface area contributed by atoms with Crippen LogP contribution in [0.4, 0.5) is 0 Å². The number of imidazole rings is 1. The summed E-state index contributed by atoms with van der Waals surface area (Å²) in [6.07, 6.45) is 10.4. The highest BCUT2D eigenvalue weighted by Gasteiger charge is 2.26. The molecule has 2 N–H and O–H groups in total. The molecule has 7 nitrogen and oxygen atoms in total. The third-order valence-electron chi connectivity index (χ3n) is 8.28. The smallest absolute Gasteiger partial charge is 0.226 e. The lowest BCUT2D eigenvalue weighted by atomic mass is 9.95. The number of nitrogens with zero attached hydrogens (tertiary/aromatic N) is 4. The van der Waals surface area contributed by atoms with Crippen LogP contribution in [0.2, 0.25) is 10.0 Å². The van der Waals surface area contributed by atoms with E-state index < -0.39 is 0 Å². The topological polar surface area (TPSA) is 86.0 Å². The molecule has 4 rings (SSSR count). The maximum Gasteiger partial charge on any atom is 0.226 e. The normalized spacial score (nSPS) is 14.5. The summed E-state index contributed by atoms with van der Waals surface area (Å²) in [6.45, 7) is 5.87. The minimum atomic E-state index is -0.142. The summed E-state index contributed by atoms with van der Waals surface area (Å²) < 4.78 is 1.97. The molecule has 1 amide bonds. The summed E-state index contributed by atoms with van der Waals surface area (Å²) >= 11 is 18.9. The van der Waals surface area contributed by atoms with Crippen LogP contribution in [0.3, 0.4) is 0 Å². The predicted molar refractivity (Wildman–Crippen MR) is 184 cm³/mol. The van der Waals surface area contributed by atoms with Crippen molar-refractivity contribution in [2.75, 3.05) is 6.54 Å². The van der Waals surface area contributed by atoms with E-state index in [1.165, 1.54) is 19.3 Å². The Labute approximate surface area is 282 Å². The maximum atomic E-state index is 13.5. The van der Waals surface area contributed by atoms with Gasteiger partial charge in [-0.1, -0.05) is 87.0 Å². The number of halogens is 3. The van der Waals surface area contributed by atoms with Crippen LogP contribution in [0.25, 0.3) is 0 Å². The van der Waals surface area contributed by atoms with Gasteiger partial charge in [-0.2, -0.15) is 5.26 Å². The molecule has 1 aliphatic carbocycles. The lowest BCUT2D eigenvalue weighted by Crippen LogP contribution is -2.52. The molecule has 11 heteroatoms. The maximum absolute atomic E-state index is 13.5. The number of amides is 1. The van der Waals surface area contributed by atoms with Crippen LogP contribution in [-0.4, -0.2) is 44.1 Å². The predicted octanol–water partition coefficient (Wildman–Crippen LogP) is 7.31. The second-order valence-electron chi connectivity index (χ2n) is 11.4. The number of carbonyl (C=O) groups is 1. The minimum Gasteiger partial charge on any atom is -0.360 e. The van der Waals surface area contributed by atoms with Crippen LogP contribution in [0.15, 0.2) is 55.0 Å². The summed E-state index contributed by atoms with van der Waals surface area (Å²) in [6, 6.07) is 15.4. The molecule has 2 unspecified atom stereocenters. The molecule has 1 aliphatic rings. The first-order valence-corrected chi connectivity index (χ1v) is 16.2. The fraction of sp³-hybridized carbons (Fsp3) is 0.455. The first kappa shape index (κ1) is 35.6. The average molecular weight is 676 g/mol. The van der Waals surface area contributed by atoms with Gasteiger partial charge in [-0.15, -0.1) is 12.4 Å². The molecule has 2 atom stereocenters. The zero-order valence-corrected chi connectivity index (χ0v) is 28.4. The number of nitrogens with one attached hydrogen (secondary N) is 2. The first-order chi connectivity index (χ1) is 20.8. The quantitative estimate of drug-likeness (QED) is 0.196. The molecule has 2 aromatic carbocycles. The number of hydrogen-bond acceptors (Lipinski definition) is 4. The zero-order valence-electron chi connectivity index (χ0n) is 25.3. The van der Waals surface area contributed by atoms with Crippen molar-refractivity contribution in [1.29, 1.82) is 5.26 Å². The third kappa shape index (κ3) is 10.1. The molecule has 1 fully saturated rings. The second kappa shape index (κ2) is 17.6. The van der Waals surface area contributed by atoms with Gasteiger partial charge < -0.3 is 20.1 Å². The fourth-order valence-corrected chi connectivity index (χ4v) is 6.13. The van der Waals surface area contributed by atoms with Crippen molar-refractivity contribution >= 4 is 58.8 Å². The van der Waals surface area contributed by atoms with Crippen molar-refractivity contribution in [3.8, 4) is 6.07 Å². The summed E-state index contributed by atoms with van der Waals surface area (Å²) in [4.78, 5) is 19.9. The van der Waals surface area contributed by atoms with E-state index in [2.05, 4.69) is 40.4 Å². The Balaban J connectivity index is 0.00000529. The summed E-state index contributed by atoms with van der Waals surface area (Å²) in [5.74, 6) is 0.140. The van der Waals surface area contributed by atoms with E-state index in [4.69, 9.17) is 40.7 Å². The fourth-order valence-electron chi connectivity index (χ4n) is 5.44. The molecule has 0 bridgehead atoms. The minimum absolute atomic E-state index is 0. The van der Waals surface area contributed by atoms with Gasteiger partial charge in [0.05, 0.1) is 34.4 Å². The lowest BCUT2D eigenvalue weighted by Gasteiger charge is -2.35. The number of nitriles is 1. The Hall–Kier alpha value is -2.83. The highest BCUT2D eigenvalue weighted by Crippen LogP contribution is 2.27. The Bertz CT molecular complexity index is 1420. The Morgan fingerprint density at radius 1 is 1.18 bits per heavy atom. The molecular formula is C33H41Cl3N6OS. The van der Waals surface area contributed by atoms with Crippen LogP contribution in [0.1, 0.15) is 74.8 Å². The number of aromatic nitrogens is 2. The molecular weight excluding hydrogens is 635 g/mol. The van der Waals surface area contributed by atoms with Gasteiger partial charge in [0, 0.05) is 43.6 Å². The molecule has 236 valence electrons. The molecule has 3 aromatic rings. The summed E-state index contributed by atoms with van der Waals surface area (Å²) in [5, 5.41) is 17.7. The van der Waals surface area contributed by atoms with Crippen LogP contribution >= 0.6 is 47.8 Å². The first-order valence-electron chi connectivity index (χ1n) is 15.0. The highest BCUT2D eigenvalue weighted by molar-refractivity contribution is 7.80. The molecule has 0 spiro atoms. The number of thiocarbonyl (C=S) groups is 1. The van der Waals surface area contributed by atoms with E-state index >= 15 is 0 Å². The number of hydrogen-bond donors (Lipinski definition) is 2. The van der Waals surface area contributed by atoms with Crippen molar-refractivity contribution in [2.24, 2.45) is 5.92 Å². The Morgan fingerprint density at radius 3 is 2.59 bits per heavy atom. The van der Waals surface area contributed by atoms with Crippen molar-refractivity contribution in [2.45, 2.75) is 84.0 Å². The molecule has 0 saturated heterocycles. The second-order valence-corrected chi connectivity index (χ2v) is 12.6. The number of rotatable bonds is 12. The molecule has 1 heterocycles. The monoisotopic (exact) mass is 674 g/mol. The zero-order chi connectivity index (χ0) is 30.8. The number of carbonyl (C=O) groups excluding carboxylic acids is 1. The van der Waals surface area contributed by atoms with Crippen LogP contribution in [0, 0.1) is 17.2 Å². The summed E-state index contributed by atoms with van der Waals surface area (Å²) in [5.41, 5.74) is 3.36. The van der Waals surface area contributed by atoms with Gasteiger partial charge in [0.2, 0.25) is 5.91 Å². The Kier molecular flexibility index (Phi) is 14.3. The van der Waals surface area contributed by atoms with Gasteiger partial charge in [0.25, 0.3) is 0 Å². The Morgan fingerprint density at radius 2 is 1.91 bits per heavy atom. The van der Waals surface area contributed by atoms with E-state index in [0.717, 1.165) is 36.1 Å². The summed E-state index contributed by atoms with van der Waals surface area (Å²) in [7, 11) is 0. The van der Waals surface area contributed by atoms with Gasteiger partial charge in [-0.3, -0.25) is 4.79 Å². The SMILES string of the molecule is CCC(C)C(CN(Cc1cccc(Cl)c1Cl)C(=S)NC1CCCCC1)NC(=O)Cc1cncn1Cc1ccc(C#N)cc1.Cl. The van der Waals surface area contributed by atoms with E-state index in [-0.39, 0.29) is 36.7 Å². The van der Waals surface area contributed by atoms with E-state index in [1.54, 1.807) is 30.7 Å². The number of benzene rings is 2. The third-order valence-corrected chi connectivity index (χ3v) is 9.52. The van der Waals surface area contributed by atoms with E-state index in [1.807, 2.05) is 28.8 Å². The van der Waals surface area contributed by atoms with Crippen LogP contribution in [-0.2, 0) is 24.3 Å². The van der Waals surface area contributed by atoms with Crippen LogP contribution in [0.5, 0.6) is 0 Å². The van der Waals surface area contributed by atoms with Gasteiger partial charge in [0.15, 0.2) is 5.11 Å². The van der Waals surface area contributed by atoms with Crippen molar-refractivity contribution in [3.63, 3.8) is 0 Å². The molecule has 1 aromatic heterocycles. The van der Waals surface area contributed by atoms with Gasteiger partial charge in [-0.05, 0) is 60.3 Å². The average Bonchev–Trinajstić information content (AvgIpc) is 3.44. The van der Waals surface area contributed by atoms with Gasteiger partial charge in [-0.25, -0.2) is 4.98 Å². The van der Waals surface area contributed by atoms with Crippen molar-refractivity contribution in [3.05, 3.63) is 87.4 Å². The molecule has 0 radical (unpaired) electrons. The van der Waals surface area contributed by atoms with E-state index in [0.29, 0.717) is 46.4 Å². The lowest BCUT2D eigenvalue weighted by molar-refractivity contribution is -0.121. The van der Waals surface area contributed by atoms with Crippen LogP contribution < -0.4 is 10.6 Å². The molecule has 0 aliphatic heterocycles. The van der Waals surface area contributed by atoms with Crippen molar-refractivity contribution in [1.82, 2.24) is 25.1 Å². The highest BCUT2D eigenvalue weighted by atomic mass is 35.5. The molecule has 1 saturated carbocycles. The van der Waals surface area contributed by atoms with Gasteiger partial charge in [0.1, 0.15) is 0 Å². The largest absolute Gasteiger partial charge is 0.360 e. The molecule has 44 heavy (non-hydrogen) atoms. The standard InChI is InChI=1S/C33H40Cl2N6OS.ClH/c1-3-23(2)30(39-31(42)16-28-18-37-22-41(28)19-25-14-12-24(17-36)13-15-25)21-40(20-26-8-7-11-29(34)32(26)35)33(43)38-27-9-5-4-6-10-27;/h7-8,11-15,18,22-23,27,30H,3-6,9-10,16,19-21H2,1-2H3,(H,38,43)(H,39,42);1H. The van der Waals surface area contributed by atoms with E-state index in [9.17, 15) is 4.79 Å². The van der Waals surface area contributed by atoms with Crippen molar-refractivity contribution < 1.29 is 4.79 Å².